The topological polar surface area (TPSA) is 126 Å². The van der Waals surface area contributed by atoms with E-state index in [0.717, 1.165) is 48.3 Å². The van der Waals surface area contributed by atoms with E-state index in [4.69, 9.17) is 10.5 Å². The first-order valence-corrected chi connectivity index (χ1v) is 13.8. The molecule has 0 atom stereocenters. The largest absolute Gasteiger partial charge is 0.444 e. The van der Waals surface area contributed by atoms with Crippen LogP contribution in [0.3, 0.4) is 0 Å². The fourth-order valence-corrected chi connectivity index (χ4v) is 4.73. The van der Waals surface area contributed by atoms with Gasteiger partial charge in [0.15, 0.2) is 0 Å². The number of rotatable bonds is 8. The molecule has 216 valence electrons. The number of hydrogen-bond donors (Lipinski definition) is 4. The summed E-state index contributed by atoms with van der Waals surface area (Å²) in [6.07, 6.45) is 1.49. The lowest BCUT2D eigenvalue weighted by Gasteiger charge is -2.30. The second-order valence-corrected chi connectivity index (χ2v) is 11.4. The van der Waals surface area contributed by atoms with E-state index in [1.807, 2.05) is 57.2 Å². The SMILES string of the molecule is CN1CCC(Nc2ccc(C(N)=O)cc2NC(=O)c2ccc(-c3ccccc3CNC(=O)OC(C)(C)C)cc2)CC1. The minimum Gasteiger partial charge on any atom is -0.444 e. The third-order valence-electron chi connectivity index (χ3n) is 6.93. The van der Waals surface area contributed by atoms with Gasteiger partial charge in [-0.05, 0) is 101 Å². The van der Waals surface area contributed by atoms with Crippen molar-refractivity contribution in [3.05, 3.63) is 83.4 Å². The average Bonchev–Trinajstić information content (AvgIpc) is 2.93. The third kappa shape index (κ3) is 8.31. The third-order valence-corrected chi connectivity index (χ3v) is 6.93. The molecule has 9 heteroatoms. The summed E-state index contributed by atoms with van der Waals surface area (Å²) >= 11 is 0. The molecule has 1 fully saturated rings. The second-order valence-electron chi connectivity index (χ2n) is 11.4. The number of nitrogens with zero attached hydrogens (tertiary/aromatic N) is 1. The molecular weight excluding hydrogens is 518 g/mol. The van der Waals surface area contributed by atoms with Crippen LogP contribution in [0.15, 0.2) is 66.7 Å². The summed E-state index contributed by atoms with van der Waals surface area (Å²) in [5, 5.41) is 9.30. The minimum atomic E-state index is -0.578. The van der Waals surface area contributed by atoms with E-state index in [1.165, 1.54) is 0 Å². The highest BCUT2D eigenvalue weighted by Gasteiger charge is 2.20. The van der Waals surface area contributed by atoms with E-state index in [2.05, 4.69) is 27.9 Å². The molecule has 5 N–H and O–H groups in total. The van der Waals surface area contributed by atoms with Gasteiger partial charge < -0.3 is 31.3 Å². The Morgan fingerprint density at radius 2 is 1.59 bits per heavy atom. The number of benzene rings is 3. The number of carbonyl (C=O) groups excluding carboxylic acids is 3. The molecule has 3 amide bonds. The highest BCUT2D eigenvalue weighted by Crippen LogP contribution is 2.28. The molecule has 0 saturated carbocycles. The molecule has 1 aliphatic heterocycles. The first kappa shape index (κ1) is 29.6. The number of amides is 3. The molecule has 0 spiro atoms. The van der Waals surface area contributed by atoms with Gasteiger partial charge in [-0.1, -0.05) is 36.4 Å². The maximum Gasteiger partial charge on any atom is 0.407 e. The van der Waals surface area contributed by atoms with E-state index < -0.39 is 17.6 Å². The summed E-state index contributed by atoms with van der Waals surface area (Å²) in [7, 11) is 2.11. The van der Waals surface area contributed by atoms with Crippen LogP contribution in [0, 0.1) is 0 Å². The fraction of sp³-hybridized carbons (Fsp3) is 0.344. The molecule has 3 aromatic carbocycles. The smallest absolute Gasteiger partial charge is 0.407 e. The van der Waals surface area contributed by atoms with E-state index in [1.54, 1.807) is 30.3 Å². The predicted octanol–water partition coefficient (Wildman–Crippen LogP) is 5.24. The summed E-state index contributed by atoms with van der Waals surface area (Å²) < 4.78 is 5.34. The summed E-state index contributed by atoms with van der Waals surface area (Å²) in [4.78, 5) is 39.5. The minimum absolute atomic E-state index is 0.269. The molecule has 0 bridgehead atoms. The number of nitrogens with one attached hydrogen (secondary N) is 3. The lowest BCUT2D eigenvalue weighted by atomic mass is 9.98. The van der Waals surface area contributed by atoms with Crippen LogP contribution < -0.4 is 21.7 Å². The maximum absolute atomic E-state index is 13.3. The molecule has 9 nitrogen and oxygen atoms in total. The molecule has 1 saturated heterocycles. The summed E-state index contributed by atoms with van der Waals surface area (Å²) in [6, 6.07) is 20.3. The van der Waals surface area contributed by atoms with Crippen LogP contribution in [0.5, 0.6) is 0 Å². The van der Waals surface area contributed by atoms with E-state index in [-0.39, 0.29) is 11.9 Å². The van der Waals surface area contributed by atoms with Gasteiger partial charge in [-0.2, -0.15) is 0 Å². The van der Waals surface area contributed by atoms with Crippen molar-refractivity contribution in [3.8, 4) is 11.1 Å². The van der Waals surface area contributed by atoms with Gasteiger partial charge in [-0.25, -0.2) is 4.79 Å². The molecule has 0 aromatic heterocycles. The van der Waals surface area contributed by atoms with Crippen LogP contribution >= 0.6 is 0 Å². The van der Waals surface area contributed by atoms with Crippen molar-refractivity contribution in [2.24, 2.45) is 5.73 Å². The van der Waals surface area contributed by atoms with E-state index in [0.29, 0.717) is 23.4 Å². The zero-order chi connectivity index (χ0) is 29.6. The average molecular weight is 558 g/mol. The number of carbonyl (C=O) groups is 3. The lowest BCUT2D eigenvalue weighted by Crippen LogP contribution is -2.36. The molecule has 41 heavy (non-hydrogen) atoms. The number of alkyl carbamates (subject to hydrolysis) is 1. The van der Waals surface area contributed by atoms with Crippen molar-refractivity contribution in [2.45, 2.75) is 51.8 Å². The van der Waals surface area contributed by atoms with Gasteiger partial charge in [0.05, 0.1) is 11.4 Å². The van der Waals surface area contributed by atoms with Crippen molar-refractivity contribution in [1.82, 2.24) is 10.2 Å². The van der Waals surface area contributed by atoms with Gasteiger partial charge in [0.1, 0.15) is 5.60 Å². The van der Waals surface area contributed by atoms with Gasteiger partial charge in [-0.3, -0.25) is 9.59 Å². The van der Waals surface area contributed by atoms with Crippen LogP contribution in [-0.4, -0.2) is 54.6 Å². The van der Waals surface area contributed by atoms with Crippen LogP contribution in [-0.2, 0) is 11.3 Å². The van der Waals surface area contributed by atoms with E-state index >= 15 is 0 Å². The van der Waals surface area contributed by atoms with Gasteiger partial charge in [0.25, 0.3) is 5.91 Å². The number of primary amides is 1. The van der Waals surface area contributed by atoms with Gasteiger partial charge in [0, 0.05) is 23.7 Å². The molecule has 0 unspecified atom stereocenters. The number of anilines is 2. The molecular formula is C32H39N5O4. The number of piperidine rings is 1. The number of nitrogens with two attached hydrogens (primary N) is 1. The Balaban J connectivity index is 1.48. The Morgan fingerprint density at radius 1 is 0.927 bits per heavy atom. The van der Waals surface area contributed by atoms with Crippen molar-refractivity contribution in [2.75, 3.05) is 30.8 Å². The molecule has 0 radical (unpaired) electrons. The summed E-state index contributed by atoms with van der Waals surface area (Å²) in [5.41, 5.74) is 9.75. The monoisotopic (exact) mass is 557 g/mol. The first-order valence-electron chi connectivity index (χ1n) is 13.8. The highest BCUT2D eigenvalue weighted by molar-refractivity contribution is 6.07. The zero-order valence-electron chi connectivity index (χ0n) is 24.1. The predicted molar refractivity (Wildman–Crippen MR) is 162 cm³/mol. The van der Waals surface area contributed by atoms with Crippen LogP contribution in [0.2, 0.25) is 0 Å². The maximum atomic E-state index is 13.3. The van der Waals surface area contributed by atoms with Gasteiger partial charge >= 0.3 is 6.09 Å². The zero-order valence-corrected chi connectivity index (χ0v) is 24.1. The lowest BCUT2D eigenvalue weighted by molar-refractivity contribution is 0.0523. The molecule has 4 rings (SSSR count). The molecule has 1 heterocycles. The van der Waals surface area contributed by atoms with Crippen molar-refractivity contribution in [3.63, 3.8) is 0 Å². The fourth-order valence-electron chi connectivity index (χ4n) is 4.73. The van der Waals surface area contributed by atoms with Crippen LogP contribution in [0.1, 0.15) is 59.9 Å². The Labute approximate surface area is 241 Å². The standard InChI is InChI=1S/C32H39N5O4/c1-32(2,3)41-31(40)34-20-24-7-5-6-8-26(24)21-9-11-22(12-10-21)30(39)36-28-19-23(29(33)38)13-14-27(28)35-25-15-17-37(4)18-16-25/h5-14,19,25,35H,15-18,20H2,1-4H3,(H2,33,38)(H,34,40)(H,36,39). The molecule has 1 aliphatic rings. The Hall–Kier alpha value is -4.37. The Bertz CT molecular complexity index is 1390. The van der Waals surface area contributed by atoms with Gasteiger partial charge in [0.2, 0.25) is 5.91 Å². The highest BCUT2D eigenvalue weighted by atomic mass is 16.6. The summed E-state index contributed by atoms with van der Waals surface area (Å²) in [6.45, 7) is 7.74. The Morgan fingerprint density at radius 3 is 2.24 bits per heavy atom. The number of hydrogen-bond acceptors (Lipinski definition) is 6. The Kier molecular flexibility index (Phi) is 9.29. The molecule has 0 aliphatic carbocycles. The second kappa shape index (κ2) is 12.9. The van der Waals surface area contributed by atoms with Crippen molar-refractivity contribution < 1.29 is 19.1 Å². The normalized spacial score (nSPS) is 14.2. The van der Waals surface area contributed by atoms with Crippen LogP contribution in [0.4, 0.5) is 16.2 Å². The first-order chi connectivity index (χ1) is 19.5. The van der Waals surface area contributed by atoms with Crippen molar-refractivity contribution in [1.29, 1.82) is 0 Å². The summed E-state index contributed by atoms with van der Waals surface area (Å²) in [5.74, 6) is -0.861. The van der Waals surface area contributed by atoms with Crippen molar-refractivity contribution >= 4 is 29.3 Å². The number of likely N-dealkylation sites (tertiary alicyclic amines) is 1. The quantitative estimate of drug-likeness (QED) is 0.300. The van der Waals surface area contributed by atoms with Gasteiger partial charge in [-0.15, -0.1) is 0 Å². The van der Waals surface area contributed by atoms with E-state index in [9.17, 15) is 14.4 Å². The number of ether oxygens (including phenoxy) is 1. The van der Waals surface area contributed by atoms with Crippen LogP contribution in [0.25, 0.3) is 11.1 Å². The molecule has 3 aromatic rings.